The SMILES string of the molecule is C=C(Cl)COc1ccc(/C=C/C(=O)O)cc1OC. The van der Waals surface area contributed by atoms with Crippen molar-refractivity contribution in [2.24, 2.45) is 0 Å². The number of benzene rings is 1. The molecule has 4 nitrogen and oxygen atoms in total. The van der Waals surface area contributed by atoms with E-state index in [-0.39, 0.29) is 6.61 Å². The average Bonchev–Trinajstić information content (AvgIpc) is 2.34. The Balaban J connectivity index is 2.89. The fourth-order valence-corrected chi connectivity index (χ4v) is 1.29. The minimum atomic E-state index is -1.01. The lowest BCUT2D eigenvalue weighted by Gasteiger charge is -2.10. The fourth-order valence-electron chi connectivity index (χ4n) is 1.23. The second-order valence-corrected chi connectivity index (χ2v) is 3.92. The van der Waals surface area contributed by atoms with E-state index in [4.69, 9.17) is 26.2 Å². The smallest absolute Gasteiger partial charge is 0.328 e. The molecule has 0 saturated carbocycles. The van der Waals surface area contributed by atoms with Crippen molar-refractivity contribution in [2.45, 2.75) is 0 Å². The number of ether oxygens (including phenoxy) is 2. The Kier molecular flexibility index (Phi) is 5.27. The number of rotatable bonds is 6. The maximum Gasteiger partial charge on any atom is 0.328 e. The number of hydrogen-bond donors (Lipinski definition) is 1. The molecule has 0 heterocycles. The normalized spacial score (nSPS) is 10.3. The summed E-state index contributed by atoms with van der Waals surface area (Å²) in [6, 6.07) is 5.07. The number of halogens is 1. The predicted molar refractivity (Wildman–Crippen MR) is 70.2 cm³/mol. The van der Waals surface area contributed by atoms with Crippen molar-refractivity contribution in [1.29, 1.82) is 0 Å². The van der Waals surface area contributed by atoms with Crippen molar-refractivity contribution in [3.05, 3.63) is 41.4 Å². The summed E-state index contributed by atoms with van der Waals surface area (Å²) in [4.78, 5) is 10.4. The van der Waals surface area contributed by atoms with Gasteiger partial charge in [-0.25, -0.2) is 4.79 Å². The molecule has 1 aromatic rings. The Labute approximate surface area is 110 Å². The molecular formula is C13H13ClO4. The first-order valence-electron chi connectivity index (χ1n) is 5.08. The largest absolute Gasteiger partial charge is 0.493 e. The molecule has 5 heteroatoms. The Morgan fingerprint density at radius 1 is 1.50 bits per heavy atom. The monoisotopic (exact) mass is 268 g/mol. The van der Waals surface area contributed by atoms with E-state index in [0.29, 0.717) is 22.1 Å². The van der Waals surface area contributed by atoms with E-state index in [1.807, 2.05) is 0 Å². The van der Waals surface area contributed by atoms with Crippen LogP contribution >= 0.6 is 11.6 Å². The molecule has 96 valence electrons. The highest BCUT2D eigenvalue weighted by Gasteiger charge is 2.05. The summed E-state index contributed by atoms with van der Waals surface area (Å²) in [5, 5.41) is 8.92. The molecular weight excluding hydrogens is 256 g/mol. The summed E-state index contributed by atoms with van der Waals surface area (Å²) in [5.41, 5.74) is 0.700. The molecule has 0 fully saturated rings. The first-order chi connectivity index (χ1) is 8.52. The van der Waals surface area contributed by atoms with Crippen molar-refractivity contribution in [2.75, 3.05) is 13.7 Å². The maximum atomic E-state index is 10.4. The van der Waals surface area contributed by atoms with Crippen molar-refractivity contribution < 1.29 is 19.4 Å². The minimum absolute atomic E-state index is 0.183. The molecule has 0 aliphatic carbocycles. The van der Waals surface area contributed by atoms with Gasteiger partial charge in [-0.05, 0) is 23.8 Å². The Morgan fingerprint density at radius 3 is 2.78 bits per heavy atom. The predicted octanol–water partition coefficient (Wildman–Crippen LogP) is 2.92. The molecule has 0 spiro atoms. The summed E-state index contributed by atoms with van der Waals surface area (Å²) in [5.74, 6) is 0.0139. The zero-order chi connectivity index (χ0) is 13.5. The van der Waals surface area contributed by atoms with Crippen LogP contribution in [0.2, 0.25) is 0 Å². The van der Waals surface area contributed by atoms with Gasteiger partial charge < -0.3 is 14.6 Å². The lowest BCUT2D eigenvalue weighted by Crippen LogP contribution is -1.98. The molecule has 18 heavy (non-hydrogen) atoms. The van der Waals surface area contributed by atoms with E-state index in [9.17, 15) is 4.79 Å². The number of carboxylic acid groups (broad SMARTS) is 1. The van der Waals surface area contributed by atoms with Crippen LogP contribution in [-0.4, -0.2) is 24.8 Å². The highest BCUT2D eigenvalue weighted by atomic mass is 35.5. The summed E-state index contributed by atoms with van der Waals surface area (Å²) < 4.78 is 10.5. The number of carboxylic acids is 1. The van der Waals surface area contributed by atoms with Crippen LogP contribution in [0, 0.1) is 0 Å². The quantitative estimate of drug-likeness (QED) is 0.806. The second kappa shape index (κ2) is 6.71. The van der Waals surface area contributed by atoms with Crippen molar-refractivity contribution in [3.63, 3.8) is 0 Å². The van der Waals surface area contributed by atoms with Crippen LogP contribution in [0.5, 0.6) is 11.5 Å². The zero-order valence-electron chi connectivity index (χ0n) is 9.85. The first-order valence-corrected chi connectivity index (χ1v) is 5.46. The van der Waals surface area contributed by atoms with Gasteiger partial charge >= 0.3 is 5.97 Å². The molecule has 0 atom stereocenters. The Morgan fingerprint density at radius 2 is 2.22 bits per heavy atom. The van der Waals surface area contributed by atoms with E-state index in [2.05, 4.69) is 6.58 Å². The number of methoxy groups -OCH3 is 1. The van der Waals surface area contributed by atoms with Gasteiger partial charge in [-0.15, -0.1) is 0 Å². The Bertz CT molecular complexity index is 480. The van der Waals surface area contributed by atoms with E-state index in [0.717, 1.165) is 6.08 Å². The highest BCUT2D eigenvalue weighted by Crippen LogP contribution is 2.29. The summed E-state index contributed by atoms with van der Waals surface area (Å²) in [6.45, 7) is 3.70. The second-order valence-electron chi connectivity index (χ2n) is 3.39. The van der Waals surface area contributed by atoms with Crippen LogP contribution in [-0.2, 0) is 4.79 Å². The van der Waals surface area contributed by atoms with Gasteiger partial charge in [-0.1, -0.05) is 24.2 Å². The number of aliphatic carboxylic acids is 1. The van der Waals surface area contributed by atoms with Gasteiger partial charge in [0.1, 0.15) is 6.61 Å². The molecule has 0 aliphatic heterocycles. The molecule has 0 aliphatic rings. The number of hydrogen-bond acceptors (Lipinski definition) is 3. The highest BCUT2D eigenvalue weighted by molar-refractivity contribution is 6.29. The Hall–Kier alpha value is -1.94. The van der Waals surface area contributed by atoms with Crippen LogP contribution in [0.3, 0.4) is 0 Å². The van der Waals surface area contributed by atoms with Gasteiger partial charge in [0.25, 0.3) is 0 Å². The van der Waals surface area contributed by atoms with Crippen LogP contribution in [0.25, 0.3) is 6.08 Å². The average molecular weight is 269 g/mol. The van der Waals surface area contributed by atoms with Crippen LogP contribution < -0.4 is 9.47 Å². The first kappa shape index (κ1) is 14.1. The van der Waals surface area contributed by atoms with Gasteiger partial charge in [0.15, 0.2) is 11.5 Å². The van der Waals surface area contributed by atoms with Gasteiger partial charge in [0.2, 0.25) is 0 Å². The third-order valence-electron chi connectivity index (χ3n) is 1.99. The van der Waals surface area contributed by atoms with Gasteiger partial charge in [-0.2, -0.15) is 0 Å². The van der Waals surface area contributed by atoms with Gasteiger partial charge in [0, 0.05) is 11.1 Å². The van der Waals surface area contributed by atoms with Crippen LogP contribution in [0.4, 0.5) is 0 Å². The molecule has 0 aromatic heterocycles. The maximum absolute atomic E-state index is 10.4. The van der Waals surface area contributed by atoms with Crippen LogP contribution in [0.1, 0.15) is 5.56 Å². The molecule has 0 unspecified atom stereocenters. The summed E-state index contributed by atoms with van der Waals surface area (Å²) in [7, 11) is 1.50. The van der Waals surface area contributed by atoms with Crippen LogP contribution in [0.15, 0.2) is 35.9 Å². The van der Waals surface area contributed by atoms with Crippen molar-refractivity contribution >= 4 is 23.6 Å². The van der Waals surface area contributed by atoms with E-state index in [1.54, 1.807) is 18.2 Å². The lowest BCUT2D eigenvalue weighted by atomic mass is 10.2. The zero-order valence-corrected chi connectivity index (χ0v) is 10.6. The molecule has 1 aromatic carbocycles. The molecule has 1 N–H and O–H groups in total. The van der Waals surface area contributed by atoms with E-state index >= 15 is 0 Å². The third kappa shape index (κ3) is 4.51. The molecule has 0 radical (unpaired) electrons. The van der Waals surface area contributed by atoms with Crippen molar-refractivity contribution in [1.82, 2.24) is 0 Å². The summed E-state index contributed by atoms with van der Waals surface area (Å²) in [6.07, 6.45) is 2.52. The van der Waals surface area contributed by atoms with Crippen molar-refractivity contribution in [3.8, 4) is 11.5 Å². The standard InChI is InChI=1S/C13H13ClO4/c1-9(14)8-18-11-5-3-10(4-6-13(15)16)7-12(11)17-2/h3-7H,1,8H2,2H3,(H,15,16)/b6-4+. The molecule has 0 bridgehead atoms. The van der Waals surface area contributed by atoms with Gasteiger partial charge in [0.05, 0.1) is 7.11 Å². The van der Waals surface area contributed by atoms with E-state index < -0.39 is 5.97 Å². The third-order valence-corrected chi connectivity index (χ3v) is 2.10. The minimum Gasteiger partial charge on any atom is -0.493 e. The van der Waals surface area contributed by atoms with E-state index in [1.165, 1.54) is 13.2 Å². The topological polar surface area (TPSA) is 55.8 Å². The molecule has 0 saturated heterocycles. The summed E-state index contributed by atoms with van der Waals surface area (Å²) >= 11 is 5.60. The molecule has 0 amide bonds. The fraction of sp³-hybridized carbons (Fsp3) is 0.154. The number of carbonyl (C=O) groups is 1. The molecule has 1 rings (SSSR count). The van der Waals surface area contributed by atoms with Gasteiger partial charge in [-0.3, -0.25) is 0 Å². The lowest BCUT2D eigenvalue weighted by molar-refractivity contribution is -0.131.